The zero-order chi connectivity index (χ0) is 14.2. The molecule has 1 atom stereocenters. The Morgan fingerprint density at radius 2 is 2.20 bits per heavy atom. The van der Waals surface area contributed by atoms with E-state index in [4.69, 9.17) is 10.5 Å². The summed E-state index contributed by atoms with van der Waals surface area (Å²) in [5.74, 6) is 0.800. The predicted molar refractivity (Wildman–Crippen MR) is 81.8 cm³/mol. The predicted octanol–water partition coefficient (Wildman–Crippen LogP) is 2.67. The molecule has 110 valence electrons. The Hall–Kier alpha value is -0.900. The maximum atomic E-state index is 6.08. The van der Waals surface area contributed by atoms with Crippen LogP contribution in [0.1, 0.15) is 49.8 Å². The van der Waals surface area contributed by atoms with Crippen molar-refractivity contribution in [2.24, 2.45) is 5.73 Å². The molecule has 1 heterocycles. The van der Waals surface area contributed by atoms with Gasteiger partial charge in [0.25, 0.3) is 0 Å². The average Bonchev–Trinajstić information content (AvgIpc) is 3.23. The van der Waals surface area contributed by atoms with Crippen LogP contribution in [0.4, 0.5) is 0 Å². The number of hydrogen-bond acceptors (Lipinski definition) is 3. The largest absolute Gasteiger partial charge is 0.373 e. The highest BCUT2D eigenvalue weighted by Gasteiger charge is 2.32. The van der Waals surface area contributed by atoms with E-state index < -0.39 is 0 Å². The highest BCUT2D eigenvalue weighted by molar-refractivity contribution is 5.31. The number of nitrogens with zero attached hydrogens (tertiary/aromatic N) is 1. The fourth-order valence-corrected chi connectivity index (χ4v) is 3.25. The van der Waals surface area contributed by atoms with Gasteiger partial charge in [0.05, 0.1) is 12.2 Å². The van der Waals surface area contributed by atoms with Gasteiger partial charge < -0.3 is 10.5 Å². The van der Waals surface area contributed by atoms with Crippen molar-refractivity contribution in [3.63, 3.8) is 0 Å². The van der Waals surface area contributed by atoms with Gasteiger partial charge in [-0.2, -0.15) is 0 Å². The van der Waals surface area contributed by atoms with Crippen molar-refractivity contribution in [3.05, 3.63) is 35.4 Å². The van der Waals surface area contributed by atoms with E-state index in [2.05, 4.69) is 43.0 Å². The van der Waals surface area contributed by atoms with Gasteiger partial charge in [0, 0.05) is 25.7 Å². The Labute approximate surface area is 122 Å². The zero-order valence-electron chi connectivity index (χ0n) is 12.6. The molecular formula is C17H26N2O. The lowest BCUT2D eigenvalue weighted by atomic mass is 9.98. The molecule has 1 aliphatic carbocycles. The van der Waals surface area contributed by atoms with Gasteiger partial charge in [-0.25, -0.2) is 0 Å². The lowest BCUT2D eigenvalue weighted by Gasteiger charge is -2.42. The quantitative estimate of drug-likeness (QED) is 0.917. The summed E-state index contributed by atoms with van der Waals surface area (Å²) in [5.41, 5.74) is 8.88. The molecule has 3 nitrogen and oxygen atoms in total. The number of morpholine rings is 1. The second-order valence-electron chi connectivity index (χ2n) is 6.77. The highest BCUT2D eigenvalue weighted by Crippen LogP contribution is 2.41. The summed E-state index contributed by atoms with van der Waals surface area (Å²) >= 11 is 0. The van der Waals surface area contributed by atoms with Crippen LogP contribution in [0.2, 0.25) is 0 Å². The normalized spacial score (nSPS) is 24.6. The van der Waals surface area contributed by atoms with Crippen molar-refractivity contribution in [3.8, 4) is 0 Å². The Bertz CT molecular complexity index is 468. The standard InChI is InChI=1S/C17H26N2O/c1-17(2)12-19(8-9-20-17)16(11-18)15-5-3-4-14(10-15)13-6-7-13/h3-5,10,13,16H,6-9,11-12,18H2,1-2H3. The fraction of sp³-hybridized carbons (Fsp3) is 0.647. The molecule has 1 saturated carbocycles. The van der Waals surface area contributed by atoms with Crippen LogP contribution in [0.15, 0.2) is 24.3 Å². The average molecular weight is 274 g/mol. The smallest absolute Gasteiger partial charge is 0.0753 e. The molecule has 2 N–H and O–H groups in total. The zero-order valence-corrected chi connectivity index (χ0v) is 12.6. The lowest BCUT2D eigenvalue weighted by Crippen LogP contribution is -2.50. The van der Waals surface area contributed by atoms with Gasteiger partial charge in [-0.3, -0.25) is 4.90 Å². The topological polar surface area (TPSA) is 38.5 Å². The monoisotopic (exact) mass is 274 g/mol. The summed E-state index contributed by atoms with van der Waals surface area (Å²) in [6.45, 7) is 7.71. The molecule has 0 bridgehead atoms. The first-order valence-corrected chi connectivity index (χ1v) is 7.77. The van der Waals surface area contributed by atoms with Gasteiger partial charge >= 0.3 is 0 Å². The van der Waals surface area contributed by atoms with Gasteiger partial charge in [0.15, 0.2) is 0 Å². The van der Waals surface area contributed by atoms with Crippen LogP contribution < -0.4 is 5.73 Å². The molecular weight excluding hydrogens is 248 g/mol. The van der Waals surface area contributed by atoms with E-state index in [1.54, 1.807) is 0 Å². The molecule has 1 saturated heterocycles. The summed E-state index contributed by atoms with van der Waals surface area (Å²) < 4.78 is 5.82. The molecule has 3 rings (SSSR count). The number of benzene rings is 1. The molecule has 20 heavy (non-hydrogen) atoms. The van der Waals surface area contributed by atoms with Gasteiger partial charge in [-0.15, -0.1) is 0 Å². The van der Waals surface area contributed by atoms with Gasteiger partial charge in [0.1, 0.15) is 0 Å². The summed E-state index contributed by atoms with van der Waals surface area (Å²) in [7, 11) is 0. The van der Waals surface area contributed by atoms with Crippen LogP contribution in [-0.4, -0.2) is 36.7 Å². The lowest BCUT2D eigenvalue weighted by molar-refractivity contribution is -0.0967. The van der Waals surface area contributed by atoms with Crippen LogP contribution >= 0.6 is 0 Å². The summed E-state index contributed by atoms with van der Waals surface area (Å²) in [6, 6.07) is 9.37. The molecule has 3 heteroatoms. The number of nitrogens with two attached hydrogens (primary N) is 1. The molecule has 1 unspecified atom stereocenters. The third kappa shape index (κ3) is 3.05. The minimum absolute atomic E-state index is 0.0697. The molecule has 0 amide bonds. The fourth-order valence-electron chi connectivity index (χ4n) is 3.25. The molecule has 2 fully saturated rings. The summed E-state index contributed by atoms with van der Waals surface area (Å²) in [6.07, 6.45) is 2.70. The Morgan fingerprint density at radius 3 is 2.85 bits per heavy atom. The summed E-state index contributed by atoms with van der Waals surface area (Å²) in [4.78, 5) is 2.48. The minimum Gasteiger partial charge on any atom is -0.373 e. The first-order valence-electron chi connectivity index (χ1n) is 7.77. The molecule has 2 aliphatic rings. The highest BCUT2D eigenvalue weighted by atomic mass is 16.5. The third-order valence-electron chi connectivity index (χ3n) is 4.46. The number of rotatable bonds is 4. The number of ether oxygens (including phenoxy) is 1. The Balaban J connectivity index is 1.80. The maximum Gasteiger partial charge on any atom is 0.0753 e. The number of hydrogen-bond donors (Lipinski definition) is 1. The van der Waals surface area contributed by atoms with E-state index in [1.165, 1.54) is 24.0 Å². The van der Waals surface area contributed by atoms with Crippen molar-refractivity contribution in [1.82, 2.24) is 4.90 Å². The van der Waals surface area contributed by atoms with E-state index >= 15 is 0 Å². The first kappa shape index (κ1) is 14.1. The molecule has 0 aromatic heterocycles. The first-order chi connectivity index (χ1) is 9.59. The second kappa shape index (κ2) is 5.47. The molecule has 0 radical (unpaired) electrons. The van der Waals surface area contributed by atoms with Gasteiger partial charge in [-0.05, 0) is 43.7 Å². The SMILES string of the molecule is CC1(C)CN(C(CN)c2cccc(C3CC3)c2)CCO1. The van der Waals surface area contributed by atoms with Crippen molar-refractivity contribution < 1.29 is 4.74 Å². The van der Waals surface area contributed by atoms with Crippen LogP contribution in [0.5, 0.6) is 0 Å². The van der Waals surface area contributed by atoms with E-state index in [0.717, 1.165) is 25.6 Å². The van der Waals surface area contributed by atoms with E-state index in [-0.39, 0.29) is 5.60 Å². The van der Waals surface area contributed by atoms with Gasteiger partial charge in [-0.1, -0.05) is 24.3 Å². The van der Waals surface area contributed by atoms with E-state index in [1.807, 2.05) is 0 Å². The van der Waals surface area contributed by atoms with Crippen molar-refractivity contribution in [2.75, 3.05) is 26.2 Å². The van der Waals surface area contributed by atoms with Crippen molar-refractivity contribution in [2.45, 2.75) is 44.2 Å². The van der Waals surface area contributed by atoms with E-state index in [9.17, 15) is 0 Å². The second-order valence-corrected chi connectivity index (χ2v) is 6.77. The third-order valence-corrected chi connectivity index (χ3v) is 4.46. The molecule has 1 aliphatic heterocycles. The van der Waals surface area contributed by atoms with Crippen LogP contribution in [0.3, 0.4) is 0 Å². The molecule has 1 aromatic carbocycles. The molecule has 1 aromatic rings. The van der Waals surface area contributed by atoms with Gasteiger partial charge in [0.2, 0.25) is 0 Å². The van der Waals surface area contributed by atoms with Crippen molar-refractivity contribution >= 4 is 0 Å². The summed E-state index contributed by atoms with van der Waals surface area (Å²) in [5, 5.41) is 0. The van der Waals surface area contributed by atoms with Crippen LogP contribution in [-0.2, 0) is 4.74 Å². The Morgan fingerprint density at radius 1 is 1.40 bits per heavy atom. The minimum atomic E-state index is -0.0697. The van der Waals surface area contributed by atoms with Crippen molar-refractivity contribution in [1.29, 1.82) is 0 Å². The Kier molecular flexibility index (Phi) is 3.85. The van der Waals surface area contributed by atoms with E-state index in [0.29, 0.717) is 12.6 Å². The molecule has 0 spiro atoms. The van der Waals surface area contributed by atoms with Crippen LogP contribution in [0.25, 0.3) is 0 Å². The van der Waals surface area contributed by atoms with Crippen LogP contribution in [0, 0.1) is 0 Å². The maximum absolute atomic E-state index is 6.08.